The molecule has 2 N–H and O–H groups in total. The molecule has 0 aliphatic heterocycles. The van der Waals surface area contributed by atoms with Crippen LogP contribution in [0.4, 0.5) is 0 Å². The number of hydrogen-bond acceptors (Lipinski definition) is 5. The second-order valence-electron chi connectivity index (χ2n) is 3.59. The van der Waals surface area contributed by atoms with Gasteiger partial charge in [0.15, 0.2) is 0 Å². The maximum Gasteiger partial charge on any atom is 0.244 e. The van der Waals surface area contributed by atoms with Crippen molar-refractivity contribution in [3.63, 3.8) is 0 Å². The lowest BCUT2D eigenvalue weighted by atomic mass is 10.3. The van der Waals surface area contributed by atoms with Crippen LogP contribution in [0.2, 0.25) is 0 Å². The molecule has 0 radical (unpaired) electrons. The molecule has 0 bridgehead atoms. The number of likely N-dealkylation sites (N-methyl/N-ethyl adjacent to an activating group) is 1. The maximum atomic E-state index is 12.3. The van der Waals surface area contributed by atoms with Gasteiger partial charge in [-0.1, -0.05) is 18.8 Å². The Hall–Kier alpha value is -1.46. The minimum Gasteiger partial charge on any atom is -0.395 e. The van der Waals surface area contributed by atoms with Gasteiger partial charge in [-0.25, -0.2) is 8.42 Å². The van der Waals surface area contributed by atoms with Gasteiger partial charge in [0, 0.05) is 31.0 Å². The minimum atomic E-state index is -3.68. The highest BCUT2D eigenvalue weighted by Gasteiger charge is 2.22. The molecule has 0 spiro atoms. The van der Waals surface area contributed by atoms with Gasteiger partial charge in [-0.2, -0.15) is 4.31 Å². The number of sulfonamides is 1. The molecule has 1 aromatic heterocycles. The molecule has 0 amide bonds. The van der Waals surface area contributed by atoms with Crippen molar-refractivity contribution in [1.29, 1.82) is 0 Å². The van der Waals surface area contributed by atoms with Crippen LogP contribution in [0.5, 0.6) is 0 Å². The molecule has 0 atom stereocenters. The standard InChI is InChI=1S/C12H16N2O4S/c1-2-14(5-7-16)19(17,18)12-8-11(4-3-6-15)9-13-10-12/h8-10,15-16H,2,5-7H2,1H3. The van der Waals surface area contributed by atoms with Crippen molar-refractivity contribution in [2.75, 3.05) is 26.3 Å². The second-order valence-corrected chi connectivity index (χ2v) is 5.53. The number of hydrogen-bond donors (Lipinski definition) is 2. The van der Waals surface area contributed by atoms with Crippen molar-refractivity contribution in [2.24, 2.45) is 0 Å². The molecule has 0 fully saturated rings. The number of aliphatic hydroxyl groups excluding tert-OH is 2. The summed E-state index contributed by atoms with van der Waals surface area (Å²) >= 11 is 0. The molecule has 0 saturated heterocycles. The summed E-state index contributed by atoms with van der Waals surface area (Å²) in [6.07, 6.45) is 2.66. The van der Waals surface area contributed by atoms with Crippen LogP contribution in [0.15, 0.2) is 23.4 Å². The Morgan fingerprint density at radius 2 is 2.11 bits per heavy atom. The SMILES string of the molecule is CCN(CCO)S(=O)(=O)c1cncc(C#CCO)c1. The summed E-state index contributed by atoms with van der Waals surface area (Å²) in [5.41, 5.74) is 0.412. The third-order valence-corrected chi connectivity index (χ3v) is 4.30. The number of rotatable bonds is 5. The predicted molar refractivity (Wildman–Crippen MR) is 69.7 cm³/mol. The fourth-order valence-corrected chi connectivity index (χ4v) is 2.91. The lowest BCUT2D eigenvalue weighted by Crippen LogP contribution is -2.33. The molecule has 0 aliphatic rings. The fraction of sp³-hybridized carbons (Fsp3) is 0.417. The number of aromatic nitrogens is 1. The van der Waals surface area contributed by atoms with Crippen LogP contribution in [-0.2, 0) is 10.0 Å². The van der Waals surface area contributed by atoms with Crippen LogP contribution in [0.1, 0.15) is 12.5 Å². The average molecular weight is 284 g/mol. The van der Waals surface area contributed by atoms with Gasteiger partial charge < -0.3 is 10.2 Å². The second kappa shape index (κ2) is 7.21. The molecule has 1 heterocycles. The van der Waals surface area contributed by atoms with E-state index < -0.39 is 10.0 Å². The summed E-state index contributed by atoms with van der Waals surface area (Å²) in [5.74, 6) is 5.03. The molecular weight excluding hydrogens is 268 g/mol. The normalized spacial score (nSPS) is 11.2. The Morgan fingerprint density at radius 3 is 2.68 bits per heavy atom. The highest BCUT2D eigenvalue weighted by Crippen LogP contribution is 2.15. The number of pyridine rings is 1. The average Bonchev–Trinajstić information content (AvgIpc) is 2.42. The van der Waals surface area contributed by atoms with Crippen molar-refractivity contribution >= 4 is 10.0 Å². The van der Waals surface area contributed by atoms with E-state index in [4.69, 9.17) is 10.2 Å². The number of nitrogens with zero attached hydrogens (tertiary/aromatic N) is 2. The summed E-state index contributed by atoms with van der Waals surface area (Å²) in [5, 5.41) is 17.5. The van der Waals surface area contributed by atoms with E-state index in [0.717, 1.165) is 4.31 Å². The van der Waals surface area contributed by atoms with Gasteiger partial charge >= 0.3 is 0 Å². The maximum absolute atomic E-state index is 12.3. The molecular formula is C12H16N2O4S. The molecule has 7 heteroatoms. The van der Waals surface area contributed by atoms with Gasteiger partial charge in [-0.15, -0.1) is 0 Å². The lowest BCUT2D eigenvalue weighted by Gasteiger charge is -2.19. The summed E-state index contributed by atoms with van der Waals surface area (Å²) in [4.78, 5) is 3.85. The van der Waals surface area contributed by atoms with Gasteiger partial charge in [0.05, 0.1) is 6.61 Å². The molecule has 1 aromatic rings. The summed E-state index contributed by atoms with van der Waals surface area (Å²) in [6.45, 7) is 1.43. The Morgan fingerprint density at radius 1 is 1.37 bits per heavy atom. The molecule has 0 aromatic carbocycles. The Bertz CT molecular complexity index is 575. The Balaban J connectivity index is 3.14. The molecule has 0 unspecified atom stereocenters. The van der Waals surface area contributed by atoms with Crippen molar-refractivity contribution in [2.45, 2.75) is 11.8 Å². The van der Waals surface area contributed by atoms with E-state index in [1.165, 1.54) is 18.5 Å². The highest BCUT2D eigenvalue weighted by molar-refractivity contribution is 7.89. The monoisotopic (exact) mass is 284 g/mol. The number of aliphatic hydroxyl groups is 2. The minimum absolute atomic E-state index is 0.0209. The van der Waals surface area contributed by atoms with E-state index >= 15 is 0 Å². The first-order valence-electron chi connectivity index (χ1n) is 5.72. The van der Waals surface area contributed by atoms with E-state index in [0.29, 0.717) is 5.56 Å². The zero-order valence-electron chi connectivity index (χ0n) is 10.6. The van der Waals surface area contributed by atoms with Crippen molar-refractivity contribution < 1.29 is 18.6 Å². The van der Waals surface area contributed by atoms with Crippen LogP contribution in [0.3, 0.4) is 0 Å². The van der Waals surface area contributed by atoms with E-state index in [1.54, 1.807) is 6.92 Å². The lowest BCUT2D eigenvalue weighted by molar-refractivity contribution is 0.257. The van der Waals surface area contributed by atoms with Crippen LogP contribution in [0, 0.1) is 11.8 Å². The first kappa shape index (κ1) is 15.6. The summed E-state index contributed by atoms with van der Waals surface area (Å²) in [6, 6.07) is 1.39. The summed E-state index contributed by atoms with van der Waals surface area (Å²) in [7, 11) is -3.68. The van der Waals surface area contributed by atoms with E-state index in [9.17, 15) is 8.42 Å². The molecule has 19 heavy (non-hydrogen) atoms. The van der Waals surface area contributed by atoms with Gasteiger partial charge in [0.25, 0.3) is 0 Å². The van der Waals surface area contributed by atoms with Crippen molar-refractivity contribution in [3.8, 4) is 11.8 Å². The van der Waals surface area contributed by atoms with E-state index in [1.807, 2.05) is 0 Å². The third-order valence-electron chi connectivity index (χ3n) is 2.36. The van der Waals surface area contributed by atoms with Crippen molar-refractivity contribution in [3.05, 3.63) is 24.0 Å². The smallest absolute Gasteiger partial charge is 0.244 e. The summed E-state index contributed by atoms with van der Waals surface area (Å²) < 4.78 is 25.7. The highest BCUT2D eigenvalue weighted by atomic mass is 32.2. The van der Waals surface area contributed by atoms with Gasteiger partial charge in [0.1, 0.15) is 11.5 Å². The molecule has 6 nitrogen and oxygen atoms in total. The Labute approximate surface area is 112 Å². The van der Waals surface area contributed by atoms with Gasteiger partial charge in [0.2, 0.25) is 10.0 Å². The van der Waals surface area contributed by atoms with Crippen LogP contribution < -0.4 is 0 Å². The Kier molecular flexibility index (Phi) is 5.92. The fourth-order valence-electron chi connectivity index (χ4n) is 1.48. The van der Waals surface area contributed by atoms with E-state index in [-0.39, 0.29) is 31.2 Å². The molecule has 0 aliphatic carbocycles. The third kappa shape index (κ3) is 4.01. The quantitative estimate of drug-likeness (QED) is 0.707. The molecule has 104 valence electrons. The van der Waals surface area contributed by atoms with Crippen LogP contribution in [0.25, 0.3) is 0 Å². The zero-order valence-corrected chi connectivity index (χ0v) is 11.4. The first-order valence-corrected chi connectivity index (χ1v) is 7.16. The van der Waals surface area contributed by atoms with Crippen LogP contribution in [-0.4, -0.2) is 54.2 Å². The van der Waals surface area contributed by atoms with Crippen LogP contribution >= 0.6 is 0 Å². The largest absolute Gasteiger partial charge is 0.395 e. The van der Waals surface area contributed by atoms with E-state index in [2.05, 4.69) is 16.8 Å². The first-order chi connectivity index (χ1) is 9.06. The van der Waals surface area contributed by atoms with Gasteiger partial charge in [-0.05, 0) is 6.07 Å². The topological polar surface area (TPSA) is 90.7 Å². The predicted octanol–water partition coefficient (Wildman–Crippen LogP) is -0.572. The molecule has 0 saturated carbocycles. The molecule has 1 rings (SSSR count). The zero-order chi connectivity index (χ0) is 14.3. The van der Waals surface area contributed by atoms with Crippen molar-refractivity contribution in [1.82, 2.24) is 9.29 Å². The van der Waals surface area contributed by atoms with Gasteiger partial charge in [-0.3, -0.25) is 4.98 Å².